The fourth-order valence-electron chi connectivity index (χ4n) is 2.82. The molecule has 0 spiro atoms. The molecule has 2 aromatic heterocycles. The Balaban J connectivity index is 1.74. The lowest BCUT2D eigenvalue weighted by Gasteiger charge is -2.29. The Morgan fingerprint density at radius 2 is 2.35 bits per heavy atom. The number of nitrogens with zero attached hydrogens (tertiary/aromatic N) is 3. The molecule has 2 heterocycles. The SMILES string of the molecule is CCS(=O)C1CCCC(Nc2ncnc3[nH]ncc23)C1. The van der Waals surface area contributed by atoms with E-state index in [-0.39, 0.29) is 0 Å². The average molecular weight is 293 g/mol. The number of hydrogen-bond acceptors (Lipinski definition) is 5. The first kappa shape index (κ1) is 13.5. The molecule has 0 saturated heterocycles. The molecule has 6 nitrogen and oxygen atoms in total. The summed E-state index contributed by atoms with van der Waals surface area (Å²) in [4.78, 5) is 8.44. The summed E-state index contributed by atoms with van der Waals surface area (Å²) in [6.07, 6.45) is 7.51. The van der Waals surface area contributed by atoms with E-state index < -0.39 is 10.8 Å². The van der Waals surface area contributed by atoms with Crippen molar-refractivity contribution in [3.05, 3.63) is 12.5 Å². The van der Waals surface area contributed by atoms with E-state index in [0.29, 0.717) is 11.3 Å². The van der Waals surface area contributed by atoms with E-state index in [1.807, 2.05) is 6.92 Å². The quantitative estimate of drug-likeness (QED) is 0.898. The standard InChI is InChI=1S/C13H19N5OS/c1-2-20(19)10-5-3-4-9(6-10)17-12-11-7-16-18-13(11)15-8-14-12/h7-10H,2-6H2,1H3,(H2,14,15,16,17,18). The van der Waals surface area contributed by atoms with Gasteiger partial charge in [-0.1, -0.05) is 13.3 Å². The third-order valence-electron chi connectivity index (χ3n) is 3.87. The molecule has 0 aromatic carbocycles. The summed E-state index contributed by atoms with van der Waals surface area (Å²) in [5, 5.41) is 11.5. The van der Waals surface area contributed by atoms with Gasteiger partial charge < -0.3 is 5.32 Å². The molecule has 0 bridgehead atoms. The van der Waals surface area contributed by atoms with E-state index in [4.69, 9.17) is 0 Å². The van der Waals surface area contributed by atoms with Crippen LogP contribution in [0.3, 0.4) is 0 Å². The lowest BCUT2D eigenvalue weighted by molar-refractivity contribution is 0.464. The highest BCUT2D eigenvalue weighted by atomic mass is 32.2. The first-order valence-corrected chi connectivity index (χ1v) is 8.44. The molecule has 1 aliphatic rings. The molecule has 1 fully saturated rings. The van der Waals surface area contributed by atoms with Gasteiger partial charge in [0.15, 0.2) is 5.65 Å². The lowest BCUT2D eigenvalue weighted by Crippen LogP contribution is -2.33. The number of aromatic amines is 1. The van der Waals surface area contributed by atoms with E-state index in [9.17, 15) is 4.21 Å². The highest BCUT2D eigenvalue weighted by Gasteiger charge is 2.26. The monoisotopic (exact) mass is 293 g/mol. The molecule has 2 aromatic rings. The predicted octanol–water partition coefficient (Wildman–Crippen LogP) is 1.84. The van der Waals surface area contributed by atoms with E-state index >= 15 is 0 Å². The molecule has 3 rings (SSSR count). The van der Waals surface area contributed by atoms with Crippen molar-refractivity contribution >= 4 is 27.7 Å². The molecule has 7 heteroatoms. The number of nitrogens with one attached hydrogen (secondary N) is 2. The topological polar surface area (TPSA) is 83.6 Å². The summed E-state index contributed by atoms with van der Waals surface area (Å²) in [7, 11) is -0.703. The van der Waals surface area contributed by atoms with Crippen LogP contribution >= 0.6 is 0 Å². The van der Waals surface area contributed by atoms with Crippen LogP contribution in [0.5, 0.6) is 0 Å². The minimum atomic E-state index is -0.703. The number of H-pyrrole nitrogens is 1. The predicted molar refractivity (Wildman–Crippen MR) is 80.0 cm³/mol. The average Bonchev–Trinajstić information content (AvgIpc) is 2.96. The van der Waals surface area contributed by atoms with Crippen molar-refractivity contribution in [2.75, 3.05) is 11.1 Å². The largest absolute Gasteiger partial charge is 0.367 e. The fraction of sp³-hybridized carbons (Fsp3) is 0.615. The number of anilines is 1. The van der Waals surface area contributed by atoms with Gasteiger partial charge in [-0.3, -0.25) is 9.31 Å². The summed E-state index contributed by atoms with van der Waals surface area (Å²) in [6, 6.07) is 0.331. The maximum Gasteiger partial charge on any atom is 0.160 e. The molecule has 1 aliphatic carbocycles. The maximum absolute atomic E-state index is 12.0. The zero-order valence-electron chi connectivity index (χ0n) is 11.5. The van der Waals surface area contributed by atoms with E-state index in [0.717, 1.165) is 48.3 Å². The van der Waals surface area contributed by atoms with E-state index in [1.54, 1.807) is 6.20 Å². The second-order valence-corrected chi connectivity index (χ2v) is 7.16. The van der Waals surface area contributed by atoms with Gasteiger partial charge in [0.05, 0.1) is 11.6 Å². The second kappa shape index (κ2) is 5.87. The first-order valence-electron chi connectivity index (χ1n) is 7.05. The normalized spacial score (nSPS) is 24.6. The van der Waals surface area contributed by atoms with E-state index in [2.05, 4.69) is 25.5 Å². The molecular weight excluding hydrogens is 274 g/mol. The van der Waals surface area contributed by atoms with E-state index in [1.165, 1.54) is 6.33 Å². The minimum Gasteiger partial charge on any atom is -0.367 e. The number of rotatable bonds is 4. The maximum atomic E-state index is 12.0. The molecular formula is C13H19N5OS. The molecule has 0 amide bonds. The van der Waals surface area contributed by atoms with Gasteiger partial charge in [0.1, 0.15) is 12.1 Å². The van der Waals surface area contributed by atoms with Crippen molar-refractivity contribution in [3.8, 4) is 0 Å². The number of aromatic nitrogens is 4. The van der Waals surface area contributed by atoms with Crippen LogP contribution < -0.4 is 5.32 Å². The third-order valence-corrected chi connectivity index (χ3v) is 5.61. The van der Waals surface area contributed by atoms with Crippen LogP contribution in [0.4, 0.5) is 5.82 Å². The van der Waals surface area contributed by atoms with Crippen molar-refractivity contribution < 1.29 is 4.21 Å². The van der Waals surface area contributed by atoms with Gasteiger partial charge in [-0.25, -0.2) is 9.97 Å². The fourth-order valence-corrected chi connectivity index (χ4v) is 4.17. The number of hydrogen-bond donors (Lipinski definition) is 2. The molecule has 1 saturated carbocycles. The Morgan fingerprint density at radius 1 is 1.45 bits per heavy atom. The Kier molecular flexibility index (Phi) is 3.95. The van der Waals surface area contributed by atoms with Crippen molar-refractivity contribution in [2.24, 2.45) is 0 Å². The van der Waals surface area contributed by atoms with Gasteiger partial charge in [0.2, 0.25) is 0 Å². The first-order chi connectivity index (χ1) is 9.78. The minimum absolute atomic E-state index is 0.313. The highest BCUT2D eigenvalue weighted by molar-refractivity contribution is 7.85. The molecule has 0 aliphatic heterocycles. The zero-order valence-corrected chi connectivity index (χ0v) is 12.3. The third kappa shape index (κ3) is 2.67. The highest BCUT2D eigenvalue weighted by Crippen LogP contribution is 2.26. The van der Waals surface area contributed by atoms with Crippen molar-refractivity contribution in [1.82, 2.24) is 20.2 Å². The Morgan fingerprint density at radius 3 is 3.20 bits per heavy atom. The molecule has 20 heavy (non-hydrogen) atoms. The van der Waals surface area contributed by atoms with Crippen LogP contribution in [0.2, 0.25) is 0 Å². The van der Waals surface area contributed by atoms with Crippen molar-refractivity contribution in [1.29, 1.82) is 0 Å². The zero-order chi connectivity index (χ0) is 13.9. The summed E-state index contributed by atoms with van der Waals surface area (Å²) in [6.45, 7) is 1.99. The van der Waals surface area contributed by atoms with Gasteiger partial charge in [-0.05, 0) is 19.3 Å². The lowest BCUT2D eigenvalue weighted by atomic mass is 9.95. The van der Waals surface area contributed by atoms with Gasteiger partial charge in [-0.15, -0.1) is 0 Å². The molecule has 0 radical (unpaired) electrons. The summed E-state index contributed by atoms with van der Waals surface area (Å²) in [5.41, 5.74) is 0.743. The van der Waals surface area contributed by atoms with Crippen LogP contribution in [0.15, 0.2) is 12.5 Å². The van der Waals surface area contributed by atoms with Crippen LogP contribution in [-0.2, 0) is 10.8 Å². The Labute approximate surface area is 120 Å². The molecule has 108 valence electrons. The van der Waals surface area contributed by atoms with Crippen LogP contribution in [-0.4, -0.2) is 41.4 Å². The Bertz CT molecular complexity index is 614. The number of fused-ring (bicyclic) bond motifs is 1. The van der Waals surface area contributed by atoms with Gasteiger partial charge in [0, 0.05) is 27.8 Å². The van der Waals surface area contributed by atoms with Gasteiger partial charge in [-0.2, -0.15) is 5.10 Å². The van der Waals surface area contributed by atoms with Crippen LogP contribution in [0.1, 0.15) is 32.6 Å². The summed E-state index contributed by atoms with van der Waals surface area (Å²) in [5.74, 6) is 1.56. The van der Waals surface area contributed by atoms with Gasteiger partial charge >= 0.3 is 0 Å². The second-order valence-electron chi connectivity index (χ2n) is 5.15. The van der Waals surface area contributed by atoms with Crippen LogP contribution in [0.25, 0.3) is 11.0 Å². The van der Waals surface area contributed by atoms with Crippen molar-refractivity contribution in [3.63, 3.8) is 0 Å². The van der Waals surface area contributed by atoms with Crippen LogP contribution in [0, 0.1) is 0 Å². The molecule has 3 unspecified atom stereocenters. The molecule has 2 N–H and O–H groups in total. The molecule has 3 atom stereocenters. The Hall–Kier alpha value is -1.50. The summed E-state index contributed by atoms with van der Waals surface area (Å²) >= 11 is 0. The summed E-state index contributed by atoms with van der Waals surface area (Å²) < 4.78 is 12.0. The smallest absolute Gasteiger partial charge is 0.160 e. The van der Waals surface area contributed by atoms with Gasteiger partial charge in [0.25, 0.3) is 0 Å². The van der Waals surface area contributed by atoms with Crippen molar-refractivity contribution in [2.45, 2.75) is 43.9 Å².